The van der Waals surface area contributed by atoms with Crippen LogP contribution in [0.5, 0.6) is 0 Å². The third-order valence-corrected chi connectivity index (χ3v) is 7.31. The molecule has 1 aliphatic heterocycles. The van der Waals surface area contributed by atoms with Gasteiger partial charge in [0.1, 0.15) is 4.90 Å². The first-order valence-electron chi connectivity index (χ1n) is 9.85. The fraction of sp³-hybridized carbons (Fsp3) is 0.579. The molecule has 160 valence electrons. The van der Waals surface area contributed by atoms with Crippen LogP contribution >= 0.6 is 23.2 Å². The van der Waals surface area contributed by atoms with Gasteiger partial charge in [0.15, 0.2) is 0 Å². The van der Waals surface area contributed by atoms with Crippen molar-refractivity contribution in [2.24, 2.45) is 0 Å². The molecule has 1 aliphatic carbocycles. The van der Waals surface area contributed by atoms with Gasteiger partial charge in [0.2, 0.25) is 15.9 Å². The molecule has 3 rings (SSSR count). The number of halogens is 2. The molecule has 10 heteroatoms. The molecular weight excluding hydrogens is 437 g/mol. The summed E-state index contributed by atoms with van der Waals surface area (Å²) in [7, 11) is -3.81. The molecular formula is C19H25Cl2N3O4S. The minimum absolute atomic E-state index is 0.0284. The molecule has 2 amide bonds. The SMILES string of the molecule is O=C(NCCCN1CCCCCC1=O)c1cc(S(=O)(=O)NC2CC2)c(Cl)cc1Cl. The van der Waals surface area contributed by atoms with Gasteiger partial charge in [0, 0.05) is 32.1 Å². The van der Waals surface area contributed by atoms with Crippen LogP contribution in [0.1, 0.15) is 55.3 Å². The van der Waals surface area contributed by atoms with Gasteiger partial charge in [-0.1, -0.05) is 29.6 Å². The number of sulfonamides is 1. The normalized spacial score (nSPS) is 17.9. The predicted molar refractivity (Wildman–Crippen MR) is 112 cm³/mol. The van der Waals surface area contributed by atoms with Gasteiger partial charge in [-0.25, -0.2) is 13.1 Å². The Morgan fingerprint density at radius 3 is 2.62 bits per heavy atom. The van der Waals surface area contributed by atoms with Crippen LogP contribution in [0.3, 0.4) is 0 Å². The lowest BCUT2D eigenvalue weighted by Crippen LogP contribution is -2.34. The van der Waals surface area contributed by atoms with Crippen molar-refractivity contribution in [2.45, 2.75) is 55.9 Å². The predicted octanol–water partition coefficient (Wildman–Crippen LogP) is 2.96. The van der Waals surface area contributed by atoms with Crippen LogP contribution in [0.2, 0.25) is 10.0 Å². The second kappa shape index (κ2) is 9.64. The van der Waals surface area contributed by atoms with E-state index in [4.69, 9.17) is 23.2 Å². The molecule has 2 aliphatic rings. The summed E-state index contributed by atoms with van der Waals surface area (Å²) in [6, 6.07) is 2.41. The topological polar surface area (TPSA) is 95.6 Å². The molecule has 29 heavy (non-hydrogen) atoms. The fourth-order valence-corrected chi connectivity index (χ4v) is 5.40. The van der Waals surface area contributed by atoms with Crippen molar-refractivity contribution in [1.29, 1.82) is 0 Å². The Morgan fingerprint density at radius 2 is 1.90 bits per heavy atom. The van der Waals surface area contributed by atoms with Gasteiger partial charge < -0.3 is 10.2 Å². The van der Waals surface area contributed by atoms with E-state index in [2.05, 4.69) is 10.0 Å². The quantitative estimate of drug-likeness (QED) is 0.581. The maximum absolute atomic E-state index is 12.5. The van der Waals surface area contributed by atoms with E-state index >= 15 is 0 Å². The molecule has 1 aromatic rings. The summed E-state index contributed by atoms with van der Waals surface area (Å²) in [6.07, 6.45) is 5.77. The summed E-state index contributed by atoms with van der Waals surface area (Å²) in [5.41, 5.74) is 0.0538. The number of amides is 2. The second-order valence-corrected chi connectivity index (χ2v) is 9.96. The molecule has 1 heterocycles. The number of nitrogens with zero attached hydrogens (tertiary/aromatic N) is 1. The van der Waals surface area contributed by atoms with Crippen molar-refractivity contribution in [3.05, 3.63) is 27.7 Å². The summed E-state index contributed by atoms with van der Waals surface area (Å²) in [5.74, 6) is -0.315. The first-order chi connectivity index (χ1) is 13.8. The number of likely N-dealkylation sites (tertiary alicyclic amines) is 1. The minimum Gasteiger partial charge on any atom is -0.352 e. The van der Waals surface area contributed by atoms with Gasteiger partial charge in [0.25, 0.3) is 5.91 Å². The maximum atomic E-state index is 12.5. The van der Waals surface area contributed by atoms with Crippen molar-refractivity contribution >= 4 is 45.0 Å². The van der Waals surface area contributed by atoms with Crippen LogP contribution in [-0.4, -0.2) is 50.8 Å². The van der Waals surface area contributed by atoms with Crippen molar-refractivity contribution in [3.8, 4) is 0 Å². The van der Waals surface area contributed by atoms with Gasteiger partial charge in [-0.3, -0.25) is 9.59 Å². The van der Waals surface area contributed by atoms with E-state index in [-0.39, 0.29) is 32.5 Å². The standard InChI is InChI=1S/C19H25Cl2N3O4S/c20-15-12-16(21)17(29(27,28)23-13-6-7-13)11-14(15)19(26)22-8-4-10-24-9-3-1-2-5-18(24)25/h11-13,23H,1-10H2,(H,22,26). The zero-order valence-electron chi connectivity index (χ0n) is 16.0. The van der Waals surface area contributed by atoms with E-state index in [0.29, 0.717) is 25.9 Å². The molecule has 0 unspecified atom stereocenters. The van der Waals surface area contributed by atoms with Gasteiger partial charge >= 0.3 is 0 Å². The summed E-state index contributed by atoms with van der Waals surface area (Å²) in [6.45, 7) is 1.69. The van der Waals surface area contributed by atoms with Gasteiger partial charge in [0.05, 0.1) is 15.6 Å². The highest BCUT2D eigenvalue weighted by molar-refractivity contribution is 7.89. The Labute approximate surface area is 181 Å². The summed E-state index contributed by atoms with van der Waals surface area (Å²) < 4.78 is 27.5. The fourth-order valence-electron chi connectivity index (χ4n) is 3.24. The highest BCUT2D eigenvalue weighted by Gasteiger charge is 2.30. The molecule has 0 radical (unpaired) electrons. The lowest BCUT2D eigenvalue weighted by atomic mass is 10.2. The lowest BCUT2D eigenvalue weighted by molar-refractivity contribution is -0.130. The Hall–Kier alpha value is -1.35. The zero-order chi connectivity index (χ0) is 21.0. The molecule has 0 atom stereocenters. The molecule has 1 aromatic carbocycles. The number of rotatable bonds is 8. The third kappa shape index (κ3) is 6.07. The Balaban J connectivity index is 1.60. The van der Waals surface area contributed by atoms with Gasteiger partial charge in [-0.15, -0.1) is 0 Å². The van der Waals surface area contributed by atoms with Crippen molar-refractivity contribution < 1.29 is 18.0 Å². The molecule has 0 spiro atoms. The summed E-state index contributed by atoms with van der Waals surface area (Å²) >= 11 is 12.2. The van der Waals surface area contributed by atoms with Crippen molar-refractivity contribution in [1.82, 2.24) is 14.9 Å². The van der Waals surface area contributed by atoms with E-state index in [0.717, 1.165) is 38.6 Å². The van der Waals surface area contributed by atoms with E-state index in [1.54, 1.807) is 0 Å². The summed E-state index contributed by atoms with van der Waals surface area (Å²) in [5, 5.41) is 2.80. The van der Waals surface area contributed by atoms with Crippen LogP contribution < -0.4 is 10.0 Å². The van der Waals surface area contributed by atoms with Gasteiger partial charge in [-0.2, -0.15) is 0 Å². The first kappa shape index (κ1) is 22.3. The van der Waals surface area contributed by atoms with Crippen LogP contribution in [0.25, 0.3) is 0 Å². The third-order valence-electron chi connectivity index (χ3n) is 5.02. The maximum Gasteiger partial charge on any atom is 0.252 e. The van der Waals surface area contributed by atoms with E-state index in [1.165, 1.54) is 12.1 Å². The van der Waals surface area contributed by atoms with Gasteiger partial charge in [-0.05, 0) is 44.2 Å². The van der Waals surface area contributed by atoms with Crippen LogP contribution in [-0.2, 0) is 14.8 Å². The first-order valence-corrected chi connectivity index (χ1v) is 12.1. The molecule has 7 nitrogen and oxygen atoms in total. The van der Waals surface area contributed by atoms with E-state index in [1.807, 2.05) is 4.90 Å². The Bertz CT molecular complexity index is 888. The highest BCUT2D eigenvalue weighted by atomic mass is 35.5. The largest absolute Gasteiger partial charge is 0.352 e. The molecule has 2 N–H and O–H groups in total. The number of carbonyl (C=O) groups is 2. The van der Waals surface area contributed by atoms with Crippen LogP contribution in [0.4, 0.5) is 0 Å². The number of nitrogens with one attached hydrogen (secondary N) is 2. The van der Waals surface area contributed by atoms with Crippen LogP contribution in [0, 0.1) is 0 Å². The molecule has 0 aromatic heterocycles. The second-order valence-electron chi connectivity index (χ2n) is 7.46. The van der Waals surface area contributed by atoms with Crippen LogP contribution in [0.15, 0.2) is 17.0 Å². The average Bonchev–Trinajstić information content (AvgIpc) is 3.47. The number of benzene rings is 1. The molecule has 0 bridgehead atoms. The molecule has 1 saturated carbocycles. The Kier molecular flexibility index (Phi) is 7.42. The van der Waals surface area contributed by atoms with Crippen molar-refractivity contribution in [2.75, 3.05) is 19.6 Å². The molecule has 2 fully saturated rings. The monoisotopic (exact) mass is 461 g/mol. The zero-order valence-corrected chi connectivity index (χ0v) is 18.4. The Morgan fingerprint density at radius 1 is 1.14 bits per heavy atom. The number of carbonyl (C=O) groups excluding carboxylic acids is 2. The number of hydrogen-bond acceptors (Lipinski definition) is 4. The lowest BCUT2D eigenvalue weighted by Gasteiger charge is -2.20. The minimum atomic E-state index is -3.81. The smallest absolute Gasteiger partial charge is 0.252 e. The average molecular weight is 462 g/mol. The van der Waals surface area contributed by atoms with E-state index < -0.39 is 15.9 Å². The molecule has 1 saturated heterocycles. The summed E-state index contributed by atoms with van der Waals surface area (Å²) in [4.78, 5) is 26.2. The van der Waals surface area contributed by atoms with Crippen molar-refractivity contribution in [3.63, 3.8) is 0 Å². The number of hydrogen-bond donors (Lipinski definition) is 2. The highest BCUT2D eigenvalue weighted by Crippen LogP contribution is 2.30. The van der Waals surface area contributed by atoms with E-state index in [9.17, 15) is 18.0 Å².